The fourth-order valence-electron chi connectivity index (χ4n) is 1.32. The summed E-state index contributed by atoms with van der Waals surface area (Å²) in [5.41, 5.74) is 0. The van der Waals surface area contributed by atoms with Gasteiger partial charge in [-0.05, 0) is 13.0 Å². The van der Waals surface area contributed by atoms with Crippen molar-refractivity contribution in [1.29, 1.82) is 0 Å². The van der Waals surface area contributed by atoms with E-state index < -0.39 is 12.1 Å². The number of piperidine rings is 1. The van der Waals surface area contributed by atoms with Crippen molar-refractivity contribution in [2.24, 2.45) is 5.92 Å². The molecule has 1 fully saturated rings. The molecule has 0 aromatic heterocycles. The highest BCUT2D eigenvalue weighted by atomic mass is 19.1. The second-order valence-corrected chi connectivity index (χ2v) is 2.87. The third kappa shape index (κ3) is 2.46. The zero-order valence-corrected chi connectivity index (χ0v) is 6.22. The normalized spacial score (nSPS) is 31.7. The van der Waals surface area contributed by atoms with Crippen LogP contribution in [0.3, 0.4) is 0 Å². The molecule has 2 atom stereocenters. The highest BCUT2D eigenvalue weighted by Gasteiger charge is 2.26. The topological polar surface area (TPSA) is 49.3 Å². The molecule has 3 nitrogen and oxygen atoms in total. The van der Waals surface area contributed by atoms with Crippen LogP contribution in [0, 0.1) is 5.92 Å². The Morgan fingerprint density at radius 1 is 1.73 bits per heavy atom. The zero-order chi connectivity index (χ0) is 8.27. The van der Waals surface area contributed by atoms with Crippen LogP contribution in [-0.2, 0) is 4.79 Å². The van der Waals surface area contributed by atoms with Crippen LogP contribution >= 0.6 is 0 Å². The van der Waals surface area contributed by atoms with E-state index in [4.69, 9.17) is 5.11 Å². The van der Waals surface area contributed by atoms with E-state index in [-0.39, 0.29) is 12.3 Å². The predicted octanol–water partition coefficient (Wildman–Crippen LogP) is 0.409. The van der Waals surface area contributed by atoms with E-state index in [9.17, 15) is 9.18 Å². The van der Waals surface area contributed by atoms with Crippen LogP contribution in [0.1, 0.15) is 12.8 Å². The maximum absolute atomic E-state index is 12.9. The highest BCUT2D eigenvalue weighted by Crippen LogP contribution is 2.17. The van der Waals surface area contributed by atoms with E-state index in [0.29, 0.717) is 19.5 Å². The Labute approximate surface area is 64.6 Å². The number of halogens is 1. The highest BCUT2D eigenvalue weighted by molar-refractivity contribution is 5.67. The summed E-state index contributed by atoms with van der Waals surface area (Å²) in [4.78, 5) is 10.2. The second kappa shape index (κ2) is 3.67. The average Bonchev–Trinajstić information content (AvgIpc) is 1.93. The molecule has 0 bridgehead atoms. The van der Waals surface area contributed by atoms with Crippen LogP contribution in [0.25, 0.3) is 0 Å². The van der Waals surface area contributed by atoms with Crippen molar-refractivity contribution in [3.8, 4) is 0 Å². The van der Waals surface area contributed by atoms with Crippen molar-refractivity contribution in [3.05, 3.63) is 0 Å². The molecule has 64 valence electrons. The van der Waals surface area contributed by atoms with Crippen molar-refractivity contribution in [1.82, 2.24) is 5.32 Å². The molecular formula is C7H12FNO2. The number of carbonyl (C=O) groups is 1. The summed E-state index contributed by atoms with van der Waals surface area (Å²) < 4.78 is 12.9. The van der Waals surface area contributed by atoms with Gasteiger partial charge in [-0.1, -0.05) is 0 Å². The summed E-state index contributed by atoms with van der Waals surface area (Å²) >= 11 is 0. The molecule has 0 unspecified atom stereocenters. The summed E-state index contributed by atoms with van der Waals surface area (Å²) in [6.07, 6.45) is -0.557. The van der Waals surface area contributed by atoms with Gasteiger partial charge in [0.2, 0.25) is 0 Å². The number of aliphatic carboxylic acids is 1. The minimum atomic E-state index is -0.938. The monoisotopic (exact) mass is 161 g/mol. The van der Waals surface area contributed by atoms with E-state index in [1.807, 2.05) is 0 Å². The van der Waals surface area contributed by atoms with Crippen molar-refractivity contribution < 1.29 is 14.3 Å². The van der Waals surface area contributed by atoms with Crippen LogP contribution in [0.5, 0.6) is 0 Å². The van der Waals surface area contributed by atoms with Gasteiger partial charge in [-0.3, -0.25) is 4.79 Å². The lowest BCUT2D eigenvalue weighted by atomic mass is 9.94. The maximum atomic E-state index is 12.9. The van der Waals surface area contributed by atoms with E-state index in [1.54, 1.807) is 0 Å². The Morgan fingerprint density at radius 2 is 2.45 bits per heavy atom. The smallest absolute Gasteiger partial charge is 0.303 e. The van der Waals surface area contributed by atoms with Gasteiger partial charge in [0.1, 0.15) is 6.17 Å². The van der Waals surface area contributed by atoms with E-state index in [2.05, 4.69) is 5.32 Å². The molecule has 2 N–H and O–H groups in total. The van der Waals surface area contributed by atoms with Crippen molar-refractivity contribution >= 4 is 5.97 Å². The van der Waals surface area contributed by atoms with Crippen LogP contribution in [-0.4, -0.2) is 30.3 Å². The first-order valence-electron chi connectivity index (χ1n) is 3.76. The number of nitrogens with one attached hydrogen (secondary N) is 1. The summed E-state index contributed by atoms with van der Waals surface area (Å²) in [6.45, 7) is 1.16. The molecular weight excluding hydrogens is 149 g/mol. The summed E-state index contributed by atoms with van der Waals surface area (Å²) in [5, 5.41) is 11.4. The molecule has 1 saturated heterocycles. The van der Waals surface area contributed by atoms with Gasteiger partial charge in [-0.2, -0.15) is 0 Å². The van der Waals surface area contributed by atoms with Gasteiger partial charge >= 0.3 is 5.97 Å². The molecule has 1 rings (SSSR count). The molecule has 11 heavy (non-hydrogen) atoms. The van der Waals surface area contributed by atoms with E-state index in [0.717, 1.165) is 0 Å². The van der Waals surface area contributed by atoms with Gasteiger partial charge in [-0.15, -0.1) is 0 Å². The number of hydrogen-bond acceptors (Lipinski definition) is 2. The third-order valence-electron chi connectivity index (χ3n) is 1.95. The fraction of sp³-hybridized carbons (Fsp3) is 0.857. The van der Waals surface area contributed by atoms with Crippen molar-refractivity contribution in [2.75, 3.05) is 13.1 Å². The molecule has 4 heteroatoms. The number of rotatable bonds is 2. The lowest BCUT2D eigenvalue weighted by Gasteiger charge is -2.25. The maximum Gasteiger partial charge on any atom is 0.303 e. The number of alkyl halides is 1. The molecule has 0 saturated carbocycles. The lowest BCUT2D eigenvalue weighted by molar-refractivity contribution is -0.138. The minimum Gasteiger partial charge on any atom is -0.481 e. The van der Waals surface area contributed by atoms with Crippen LogP contribution in [0.15, 0.2) is 0 Å². The van der Waals surface area contributed by atoms with Crippen LogP contribution in [0.2, 0.25) is 0 Å². The Balaban J connectivity index is 2.35. The standard InChI is InChI=1S/C7H12FNO2/c8-6-1-2-9-4-5(6)3-7(10)11/h5-6,9H,1-4H2,(H,10,11)/t5-,6+/m0/s1. The van der Waals surface area contributed by atoms with Gasteiger partial charge < -0.3 is 10.4 Å². The lowest BCUT2D eigenvalue weighted by Crippen LogP contribution is -2.38. The summed E-state index contributed by atoms with van der Waals surface area (Å²) in [6, 6.07) is 0. The third-order valence-corrected chi connectivity index (χ3v) is 1.95. The molecule has 0 radical (unpaired) electrons. The van der Waals surface area contributed by atoms with Gasteiger partial charge in [0, 0.05) is 12.5 Å². The molecule has 0 aromatic rings. The zero-order valence-electron chi connectivity index (χ0n) is 6.22. The minimum absolute atomic E-state index is 0.0613. The SMILES string of the molecule is O=C(O)C[C@H]1CNCC[C@H]1F. The van der Waals surface area contributed by atoms with Crippen LogP contribution < -0.4 is 5.32 Å². The molecule has 0 spiro atoms. The quantitative estimate of drug-likeness (QED) is 0.616. The first-order valence-corrected chi connectivity index (χ1v) is 3.76. The summed E-state index contributed by atoms with van der Waals surface area (Å²) in [7, 11) is 0. The Bertz CT molecular complexity index is 151. The molecule has 0 amide bonds. The van der Waals surface area contributed by atoms with E-state index in [1.165, 1.54) is 0 Å². The van der Waals surface area contributed by atoms with Gasteiger partial charge in [0.25, 0.3) is 0 Å². The Kier molecular flexibility index (Phi) is 2.82. The predicted molar refractivity (Wildman–Crippen MR) is 38.1 cm³/mol. The van der Waals surface area contributed by atoms with Gasteiger partial charge in [0.05, 0.1) is 6.42 Å². The number of hydrogen-bond donors (Lipinski definition) is 2. The van der Waals surface area contributed by atoms with Crippen molar-refractivity contribution in [3.63, 3.8) is 0 Å². The van der Waals surface area contributed by atoms with Gasteiger partial charge in [0.15, 0.2) is 0 Å². The van der Waals surface area contributed by atoms with Crippen LogP contribution in [0.4, 0.5) is 4.39 Å². The largest absolute Gasteiger partial charge is 0.481 e. The number of carboxylic acids is 1. The van der Waals surface area contributed by atoms with Crippen molar-refractivity contribution in [2.45, 2.75) is 19.0 Å². The second-order valence-electron chi connectivity index (χ2n) is 2.87. The molecule has 0 aromatic carbocycles. The molecule has 0 aliphatic carbocycles. The number of carboxylic acid groups (broad SMARTS) is 1. The molecule has 1 heterocycles. The first kappa shape index (κ1) is 8.46. The average molecular weight is 161 g/mol. The van der Waals surface area contributed by atoms with E-state index >= 15 is 0 Å². The van der Waals surface area contributed by atoms with Gasteiger partial charge in [-0.25, -0.2) is 4.39 Å². The Hall–Kier alpha value is -0.640. The Morgan fingerprint density at radius 3 is 3.00 bits per heavy atom. The first-order chi connectivity index (χ1) is 5.20. The molecule has 1 aliphatic rings. The molecule has 1 aliphatic heterocycles. The summed E-state index contributed by atoms with van der Waals surface area (Å²) in [5.74, 6) is -1.25. The fourth-order valence-corrected chi connectivity index (χ4v) is 1.32.